The summed E-state index contributed by atoms with van der Waals surface area (Å²) in [7, 11) is 0. The number of hydrogen-bond acceptors (Lipinski definition) is 22. The van der Waals surface area contributed by atoms with E-state index in [0.29, 0.717) is 37.7 Å². The monoisotopic (exact) mass is 1320 g/mol. The number of ether oxygens (including phenoxy) is 12. The summed E-state index contributed by atoms with van der Waals surface area (Å²) in [4.78, 5) is 54.9. The summed E-state index contributed by atoms with van der Waals surface area (Å²) in [5.41, 5.74) is 0.686. The number of rotatable bonds is 32. The summed E-state index contributed by atoms with van der Waals surface area (Å²) < 4.78 is 75.7. The van der Waals surface area contributed by atoms with Crippen LogP contribution in [0.4, 0.5) is 0 Å². The first-order valence-corrected chi connectivity index (χ1v) is 35.7. The molecule has 1 aromatic carbocycles. The van der Waals surface area contributed by atoms with E-state index in [4.69, 9.17) is 56.8 Å². The van der Waals surface area contributed by atoms with Crippen molar-refractivity contribution < 1.29 is 107 Å². The van der Waals surface area contributed by atoms with Gasteiger partial charge in [-0.05, 0) is 64.5 Å². The molecule has 0 bridgehead atoms. The van der Waals surface area contributed by atoms with Gasteiger partial charge in [-0.15, -0.1) is 0 Å². The Morgan fingerprint density at radius 2 is 0.978 bits per heavy atom. The van der Waals surface area contributed by atoms with Gasteiger partial charge in [0.05, 0.1) is 31.0 Å². The highest BCUT2D eigenvalue weighted by Gasteiger charge is 2.57. The van der Waals surface area contributed by atoms with E-state index in [1.165, 1.54) is 25.0 Å². The van der Waals surface area contributed by atoms with E-state index < -0.39 is 153 Å². The van der Waals surface area contributed by atoms with E-state index in [1.807, 2.05) is 6.07 Å². The Morgan fingerprint density at radius 1 is 0.495 bits per heavy atom. The molecular formula is C71H116O22. The van der Waals surface area contributed by atoms with Crippen LogP contribution in [0, 0.1) is 0 Å². The first-order chi connectivity index (χ1) is 45.0. The first-order valence-electron chi connectivity index (χ1n) is 35.7. The maximum Gasteiger partial charge on any atom is 0.331 e. The van der Waals surface area contributed by atoms with Crippen LogP contribution >= 0.6 is 0 Å². The Hall–Kier alpha value is -3.72. The molecule has 0 aliphatic carbocycles. The van der Waals surface area contributed by atoms with Gasteiger partial charge in [0.25, 0.3) is 0 Å². The van der Waals surface area contributed by atoms with Crippen molar-refractivity contribution in [1.29, 1.82) is 0 Å². The van der Waals surface area contributed by atoms with Crippen LogP contribution in [0.15, 0.2) is 36.4 Å². The zero-order valence-electron chi connectivity index (χ0n) is 56.5. The number of carbonyl (C=O) groups is 4. The Bertz CT molecular complexity index is 2280. The molecule has 0 amide bonds. The van der Waals surface area contributed by atoms with Gasteiger partial charge in [0.15, 0.2) is 49.6 Å². The second kappa shape index (κ2) is 42.8. The van der Waals surface area contributed by atoms with Crippen LogP contribution in [-0.4, -0.2) is 190 Å². The zero-order chi connectivity index (χ0) is 67.1. The third-order valence-corrected chi connectivity index (χ3v) is 18.6. The van der Waals surface area contributed by atoms with Gasteiger partial charge in [0.2, 0.25) is 0 Å². The van der Waals surface area contributed by atoms with Crippen molar-refractivity contribution in [2.24, 2.45) is 0 Å². The summed E-state index contributed by atoms with van der Waals surface area (Å²) in [6, 6.07) is 8.98. The maximum atomic E-state index is 14.0. The van der Waals surface area contributed by atoms with Crippen molar-refractivity contribution in [3.8, 4) is 0 Å². The fourth-order valence-corrected chi connectivity index (χ4v) is 13.0. The van der Waals surface area contributed by atoms with E-state index in [9.17, 15) is 49.8 Å². The lowest BCUT2D eigenvalue weighted by atomic mass is 9.95. The largest absolute Gasteiger partial charge is 0.457 e. The lowest BCUT2D eigenvalue weighted by Crippen LogP contribution is -2.67. The molecule has 5 aliphatic heterocycles. The molecule has 5 heterocycles. The summed E-state index contributed by atoms with van der Waals surface area (Å²) in [6.07, 6.45) is -2.11. The SMILES string of the molecule is CCCCCCCCCCCC(=O)OC1C(OC2C(C)OC3OC4C(OC(CCCCC)CCCCCCCCCC(=O)OC3C2O)OC(CO)C(O)C4O)OC(C)C(OC2OC(C)C(OC(=O)CCCCCCCCC)C(O)C2OC(=O)C=Cc2ccccc2)C1O. The third-order valence-electron chi connectivity index (χ3n) is 18.6. The van der Waals surface area contributed by atoms with Crippen LogP contribution in [0.25, 0.3) is 6.08 Å². The zero-order valence-corrected chi connectivity index (χ0v) is 56.5. The Balaban J connectivity index is 1.26. The summed E-state index contributed by atoms with van der Waals surface area (Å²) in [5.74, 6) is -2.86. The minimum atomic E-state index is -1.81. The standard InChI is InChI=1S/C71H116O22/c1-7-10-13-15-17-18-22-26-34-41-53(74)88-66-59(80)62(91-68-65(90-55(76)44-43-49-36-30-28-31-37-49)58(79)61(46(4)82-68)87-52(73)40-33-25-20-16-14-11-8-2)47(5)83-69(66)92-63-48(6)84-70-67(60(63)81)89-54(75)42-35-27-23-19-21-24-32-39-50(38-29-12-9-3)85-71-64(93-70)57(78)56(77)51(45-72)86-71/h28,30-31,36-37,43-44,46-48,50-51,56-72,77-81H,7-27,29,32-35,38-42,45H2,1-6H3. The minimum absolute atomic E-state index is 0.0157. The molecule has 22 heteroatoms. The number of hydrogen-bond donors (Lipinski definition) is 6. The minimum Gasteiger partial charge on any atom is -0.457 e. The molecule has 0 spiro atoms. The second-order valence-corrected chi connectivity index (χ2v) is 26.3. The number of esters is 4. The van der Waals surface area contributed by atoms with Gasteiger partial charge >= 0.3 is 23.9 Å². The predicted molar refractivity (Wildman–Crippen MR) is 343 cm³/mol. The average molecular weight is 1320 g/mol. The van der Waals surface area contributed by atoms with Crippen molar-refractivity contribution in [2.75, 3.05) is 6.61 Å². The van der Waals surface area contributed by atoms with Crippen LogP contribution in [-0.2, 0) is 76.0 Å². The Kier molecular flexibility index (Phi) is 36.1. The average Bonchev–Trinajstić information content (AvgIpc) is 0.782. The van der Waals surface area contributed by atoms with Gasteiger partial charge in [0, 0.05) is 25.3 Å². The molecule has 93 heavy (non-hydrogen) atoms. The van der Waals surface area contributed by atoms with Crippen molar-refractivity contribution in [1.82, 2.24) is 0 Å². The van der Waals surface area contributed by atoms with Gasteiger partial charge in [-0.2, -0.15) is 0 Å². The van der Waals surface area contributed by atoms with E-state index in [-0.39, 0.29) is 25.4 Å². The van der Waals surface area contributed by atoms with Crippen molar-refractivity contribution in [3.63, 3.8) is 0 Å². The molecule has 5 aliphatic rings. The summed E-state index contributed by atoms with van der Waals surface area (Å²) >= 11 is 0. The molecule has 1 aromatic rings. The van der Waals surface area contributed by atoms with Crippen LogP contribution in [0.5, 0.6) is 0 Å². The van der Waals surface area contributed by atoms with Gasteiger partial charge in [-0.3, -0.25) is 14.4 Å². The highest BCUT2D eigenvalue weighted by molar-refractivity contribution is 5.87. The molecule has 22 nitrogen and oxygen atoms in total. The molecule has 532 valence electrons. The fourth-order valence-electron chi connectivity index (χ4n) is 13.0. The smallest absolute Gasteiger partial charge is 0.331 e. The van der Waals surface area contributed by atoms with Crippen molar-refractivity contribution >= 4 is 30.0 Å². The summed E-state index contributed by atoms with van der Waals surface area (Å²) in [5, 5.41) is 70.6. The molecule has 6 N–H and O–H groups in total. The van der Waals surface area contributed by atoms with Gasteiger partial charge in [0.1, 0.15) is 54.9 Å². The Morgan fingerprint density at radius 3 is 1.57 bits per heavy atom. The molecule has 6 rings (SSSR count). The number of unbranched alkanes of at least 4 members (excludes halogenated alkanes) is 16. The lowest BCUT2D eigenvalue weighted by molar-refractivity contribution is -0.388. The van der Waals surface area contributed by atoms with Crippen LogP contribution in [0.1, 0.15) is 246 Å². The molecule has 0 radical (unpaired) electrons. The van der Waals surface area contributed by atoms with Crippen LogP contribution < -0.4 is 0 Å². The molecule has 5 saturated heterocycles. The van der Waals surface area contributed by atoms with E-state index in [1.54, 1.807) is 45.0 Å². The quantitative estimate of drug-likeness (QED) is 0.0169. The van der Waals surface area contributed by atoms with Crippen molar-refractivity contribution in [3.05, 3.63) is 42.0 Å². The van der Waals surface area contributed by atoms with E-state index >= 15 is 0 Å². The third kappa shape index (κ3) is 25.6. The van der Waals surface area contributed by atoms with E-state index in [2.05, 4.69) is 20.8 Å². The molecule has 5 fully saturated rings. The first kappa shape index (κ1) is 78.3. The summed E-state index contributed by atoms with van der Waals surface area (Å²) in [6.45, 7) is 10.4. The molecule has 21 atom stereocenters. The fraction of sp³-hybridized carbons (Fsp3) is 0.831. The van der Waals surface area contributed by atoms with Gasteiger partial charge in [-0.1, -0.05) is 199 Å². The highest BCUT2D eigenvalue weighted by atomic mass is 16.8. The number of aliphatic hydroxyl groups is 6. The number of benzene rings is 1. The van der Waals surface area contributed by atoms with Gasteiger partial charge in [-0.25, -0.2) is 4.79 Å². The van der Waals surface area contributed by atoms with Crippen LogP contribution in [0.3, 0.4) is 0 Å². The number of aliphatic hydroxyl groups excluding tert-OH is 6. The molecule has 0 aromatic heterocycles. The molecular weight excluding hydrogens is 1200 g/mol. The lowest BCUT2D eigenvalue weighted by Gasteiger charge is -2.49. The topological polar surface area (TPSA) is 300 Å². The molecule has 21 unspecified atom stereocenters. The molecule has 0 saturated carbocycles. The highest BCUT2D eigenvalue weighted by Crippen LogP contribution is 2.38. The maximum absolute atomic E-state index is 14.0. The normalized spacial score (nSPS) is 34.3. The van der Waals surface area contributed by atoms with Gasteiger partial charge < -0.3 is 87.5 Å². The number of fused-ring (bicyclic) bond motifs is 2. The van der Waals surface area contributed by atoms with E-state index in [0.717, 1.165) is 135 Å². The number of carbonyl (C=O) groups excluding carboxylic acids is 4. The van der Waals surface area contributed by atoms with Crippen molar-refractivity contribution in [2.45, 2.75) is 370 Å². The second-order valence-electron chi connectivity index (χ2n) is 26.3. The Labute approximate surface area is 552 Å². The predicted octanol–water partition coefficient (Wildman–Crippen LogP) is 9.81. The van der Waals surface area contributed by atoms with Crippen LogP contribution in [0.2, 0.25) is 0 Å².